The molecule has 3 aromatic heterocycles. The number of aromatic nitrogens is 5. The smallest absolute Gasteiger partial charge is 0.340 e. The number of nitrogens with one attached hydrogen (secondary N) is 2. The van der Waals surface area contributed by atoms with E-state index < -0.39 is 5.97 Å². The van der Waals surface area contributed by atoms with Gasteiger partial charge in [0, 0.05) is 41.8 Å². The fourth-order valence-electron chi connectivity index (χ4n) is 3.67. The summed E-state index contributed by atoms with van der Waals surface area (Å²) >= 11 is 0. The topological polar surface area (TPSA) is 115 Å². The molecule has 33 heavy (non-hydrogen) atoms. The zero-order valence-electron chi connectivity index (χ0n) is 18.8. The van der Waals surface area contributed by atoms with Crippen LogP contribution in [0.25, 0.3) is 28.4 Å². The van der Waals surface area contributed by atoms with Gasteiger partial charge in [-0.15, -0.1) is 0 Å². The molecule has 1 amide bonds. The van der Waals surface area contributed by atoms with Crippen molar-refractivity contribution in [3.8, 4) is 11.3 Å². The molecule has 0 bridgehead atoms. The molecule has 0 saturated carbocycles. The van der Waals surface area contributed by atoms with Gasteiger partial charge in [0.25, 0.3) is 0 Å². The van der Waals surface area contributed by atoms with Crippen LogP contribution in [-0.2, 0) is 16.6 Å². The fraction of sp³-hybridized carbons (Fsp3) is 0.208. The zero-order chi connectivity index (χ0) is 23.5. The highest BCUT2D eigenvalue weighted by Crippen LogP contribution is 2.30. The Balaban J connectivity index is 1.62. The number of hydrogen-bond donors (Lipinski definition) is 2. The number of H-pyrrole nitrogens is 1. The van der Waals surface area contributed by atoms with Gasteiger partial charge in [-0.1, -0.05) is 12.1 Å². The molecule has 0 saturated heterocycles. The van der Waals surface area contributed by atoms with Crippen LogP contribution in [0.1, 0.15) is 34.2 Å². The maximum absolute atomic E-state index is 12.5. The van der Waals surface area contributed by atoms with Crippen molar-refractivity contribution in [1.82, 2.24) is 24.7 Å². The molecule has 2 N–H and O–H groups in total. The lowest BCUT2D eigenvalue weighted by atomic mass is 10.1. The highest BCUT2D eigenvalue weighted by molar-refractivity contribution is 6.08. The normalized spacial score (nSPS) is 11.3. The molecule has 0 aliphatic rings. The van der Waals surface area contributed by atoms with E-state index in [4.69, 9.17) is 4.74 Å². The molecule has 9 nitrogen and oxygen atoms in total. The number of anilines is 1. The third-order valence-electron chi connectivity index (χ3n) is 5.34. The molecule has 0 unspecified atom stereocenters. The van der Waals surface area contributed by atoms with E-state index in [9.17, 15) is 9.59 Å². The van der Waals surface area contributed by atoms with E-state index in [0.717, 1.165) is 22.5 Å². The molecule has 9 heteroatoms. The fourth-order valence-corrected chi connectivity index (χ4v) is 3.67. The van der Waals surface area contributed by atoms with Crippen molar-refractivity contribution in [1.29, 1.82) is 0 Å². The number of rotatable bonds is 6. The second-order valence-corrected chi connectivity index (χ2v) is 7.48. The quantitative estimate of drug-likeness (QED) is 0.345. The van der Waals surface area contributed by atoms with E-state index in [0.29, 0.717) is 28.0 Å². The average molecular weight is 444 g/mol. The molecule has 1 aromatic carbocycles. The minimum Gasteiger partial charge on any atom is -0.462 e. The van der Waals surface area contributed by atoms with E-state index in [-0.39, 0.29) is 12.5 Å². The van der Waals surface area contributed by atoms with Gasteiger partial charge in [-0.05, 0) is 39.0 Å². The Morgan fingerprint density at radius 2 is 2.06 bits per heavy atom. The summed E-state index contributed by atoms with van der Waals surface area (Å²) in [6.07, 6.45) is 6.24. The summed E-state index contributed by atoms with van der Waals surface area (Å²) in [4.78, 5) is 36.5. The number of ether oxygens (including phenoxy) is 1. The average Bonchev–Trinajstić information content (AvgIpc) is 3.33. The summed E-state index contributed by atoms with van der Waals surface area (Å²) < 4.78 is 6.94. The van der Waals surface area contributed by atoms with Gasteiger partial charge in [0.1, 0.15) is 12.0 Å². The van der Waals surface area contributed by atoms with Gasteiger partial charge in [-0.25, -0.2) is 14.8 Å². The first-order valence-electron chi connectivity index (χ1n) is 10.5. The Morgan fingerprint density at radius 3 is 2.79 bits per heavy atom. The van der Waals surface area contributed by atoms with E-state index in [1.807, 2.05) is 33.0 Å². The van der Waals surface area contributed by atoms with Crippen LogP contribution >= 0.6 is 0 Å². The van der Waals surface area contributed by atoms with Crippen molar-refractivity contribution in [2.75, 3.05) is 11.9 Å². The third-order valence-corrected chi connectivity index (χ3v) is 5.34. The number of esters is 1. The first-order chi connectivity index (χ1) is 15.9. The zero-order valence-corrected chi connectivity index (χ0v) is 18.8. The third kappa shape index (κ3) is 4.38. The maximum atomic E-state index is 12.5. The highest BCUT2D eigenvalue weighted by atomic mass is 16.5. The summed E-state index contributed by atoms with van der Waals surface area (Å²) in [5, 5.41) is 7.80. The Kier molecular flexibility index (Phi) is 6.03. The van der Waals surface area contributed by atoms with Gasteiger partial charge in [0.05, 0.1) is 28.9 Å². The maximum Gasteiger partial charge on any atom is 0.340 e. The molecule has 0 fully saturated rings. The summed E-state index contributed by atoms with van der Waals surface area (Å²) in [5.74, 6) is -0.716. The van der Waals surface area contributed by atoms with Crippen molar-refractivity contribution >= 4 is 34.7 Å². The second kappa shape index (κ2) is 9.07. The molecular formula is C24H24N6O3. The summed E-state index contributed by atoms with van der Waals surface area (Å²) in [6.45, 7) is 5.88. The molecule has 0 aliphatic carbocycles. The molecule has 0 spiro atoms. The molecule has 168 valence electrons. The van der Waals surface area contributed by atoms with Crippen molar-refractivity contribution in [2.24, 2.45) is 7.05 Å². The van der Waals surface area contributed by atoms with Crippen LogP contribution in [0.2, 0.25) is 0 Å². The molecule has 4 rings (SSSR count). The first-order valence-corrected chi connectivity index (χ1v) is 10.5. The lowest BCUT2D eigenvalue weighted by molar-refractivity contribution is -0.111. The SMILES string of the molecule is CCOC(=O)c1c[nH]c2ncnc(-c3cccc(NC(=O)/C=C/c4c(C)nn(C)c4C)c3)c12. The predicted octanol–water partition coefficient (Wildman–Crippen LogP) is 3.80. The number of carbonyl (C=O) groups excluding carboxylic acids is 2. The van der Waals surface area contributed by atoms with Crippen LogP contribution in [0.3, 0.4) is 0 Å². The second-order valence-electron chi connectivity index (χ2n) is 7.48. The van der Waals surface area contributed by atoms with E-state index in [2.05, 4.69) is 25.4 Å². The van der Waals surface area contributed by atoms with Gasteiger partial charge in [0.2, 0.25) is 5.91 Å². The standard InChI is InChI=1S/C24H24N6O3/c1-5-33-24(32)19-12-25-23-21(19)22(26-13-27-23)16-7-6-8-17(11-16)28-20(31)10-9-18-14(2)29-30(4)15(18)3/h6-13H,5H2,1-4H3,(H,28,31)(H,25,26,27)/b10-9+. The van der Waals surface area contributed by atoms with Crippen molar-refractivity contribution in [2.45, 2.75) is 20.8 Å². The monoisotopic (exact) mass is 444 g/mol. The number of hydrogen-bond acceptors (Lipinski definition) is 6. The molecule has 3 heterocycles. The first kappa shape index (κ1) is 21.9. The molecule has 4 aromatic rings. The molecular weight excluding hydrogens is 420 g/mol. The lowest BCUT2D eigenvalue weighted by Crippen LogP contribution is -2.08. The Bertz CT molecular complexity index is 1380. The van der Waals surface area contributed by atoms with Crippen molar-refractivity contribution in [3.05, 3.63) is 65.4 Å². The summed E-state index contributed by atoms with van der Waals surface area (Å²) in [7, 11) is 1.87. The van der Waals surface area contributed by atoms with Crippen LogP contribution in [0.5, 0.6) is 0 Å². The molecule has 0 atom stereocenters. The minimum absolute atomic E-state index is 0.266. The Morgan fingerprint density at radius 1 is 1.24 bits per heavy atom. The number of fused-ring (bicyclic) bond motifs is 1. The largest absolute Gasteiger partial charge is 0.462 e. The van der Waals surface area contributed by atoms with Crippen LogP contribution < -0.4 is 5.32 Å². The summed E-state index contributed by atoms with van der Waals surface area (Å²) in [5.41, 5.74) is 5.55. The van der Waals surface area contributed by atoms with Crippen LogP contribution in [-0.4, -0.2) is 43.2 Å². The van der Waals surface area contributed by atoms with Gasteiger partial charge in [-0.3, -0.25) is 9.48 Å². The Labute approximate surface area is 190 Å². The van der Waals surface area contributed by atoms with Crippen LogP contribution in [0.4, 0.5) is 5.69 Å². The van der Waals surface area contributed by atoms with Crippen LogP contribution in [0, 0.1) is 13.8 Å². The van der Waals surface area contributed by atoms with Gasteiger partial charge in [-0.2, -0.15) is 5.10 Å². The lowest BCUT2D eigenvalue weighted by Gasteiger charge is -2.08. The van der Waals surface area contributed by atoms with Crippen molar-refractivity contribution in [3.63, 3.8) is 0 Å². The number of aromatic amines is 1. The molecule has 0 aliphatic heterocycles. The summed E-state index contributed by atoms with van der Waals surface area (Å²) in [6, 6.07) is 7.26. The highest BCUT2D eigenvalue weighted by Gasteiger charge is 2.19. The van der Waals surface area contributed by atoms with E-state index >= 15 is 0 Å². The Hall–Kier alpha value is -4.27. The number of carbonyl (C=O) groups is 2. The van der Waals surface area contributed by atoms with Crippen molar-refractivity contribution < 1.29 is 14.3 Å². The van der Waals surface area contributed by atoms with E-state index in [1.54, 1.807) is 36.0 Å². The number of benzene rings is 1. The van der Waals surface area contributed by atoms with Gasteiger partial charge < -0.3 is 15.0 Å². The van der Waals surface area contributed by atoms with E-state index in [1.165, 1.54) is 12.4 Å². The number of amides is 1. The number of nitrogens with zero attached hydrogens (tertiary/aromatic N) is 4. The number of aryl methyl sites for hydroxylation is 2. The van der Waals surface area contributed by atoms with Gasteiger partial charge >= 0.3 is 5.97 Å². The predicted molar refractivity (Wildman–Crippen MR) is 126 cm³/mol. The van der Waals surface area contributed by atoms with Crippen LogP contribution in [0.15, 0.2) is 42.9 Å². The molecule has 0 radical (unpaired) electrons. The minimum atomic E-state index is -0.449. The van der Waals surface area contributed by atoms with Gasteiger partial charge in [0.15, 0.2) is 0 Å².